The molecule has 21 heavy (non-hydrogen) atoms. The van der Waals surface area contributed by atoms with Gasteiger partial charge in [0.25, 0.3) is 5.91 Å². The van der Waals surface area contributed by atoms with Crippen LogP contribution in [0.2, 0.25) is 0 Å². The average Bonchev–Trinajstić information content (AvgIpc) is 2.32. The summed E-state index contributed by atoms with van der Waals surface area (Å²) in [6, 6.07) is 3.89. The molecule has 3 N–H and O–H groups in total. The van der Waals surface area contributed by atoms with E-state index < -0.39 is 28.5 Å². The van der Waals surface area contributed by atoms with Crippen LogP contribution in [0.25, 0.3) is 0 Å². The van der Waals surface area contributed by atoms with Crippen LogP contribution in [-0.4, -0.2) is 27.0 Å². The fourth-order valence-corrected chi connectivity index (χ4v) is 2.45. The van der Waals surface area contributed by atoms with Gasteiger partial charge in [-0.15, -0.1) is 0 Å². The van der Waals surface area contributed by atoms with Gasteiger partial charge in [-0.05, 0) is 31.0 Å². The molecule has 0 aliphatic heterocycles. The van der Waals surface area contributed by atoms with Gasteiger partial charge in [-0.2, -0.15) is 13.2 Å². The molecule has 1 aromatic rings. The minimum atomic E-state index is -4.27. The largest absolute Gasteiger partial charge is 0.389 e. The summed E-state index contributed by atoms with van der Waals surface area (Å²) in [4.78, 5) is 11.5. The Bertz CT molecular complexity index is 627. The van der Waals surface area contributed by atoms with Crippen LogP contribution < -0.4 is 10.5 Å². The summed E-state index contributed by atoms with van der Waals surface area (Å²) in [7, 11) is -3.96. The number of benzene rings is 1. The van der Waals surface area contributed by atoms with E-state index in [2.05, 4.69) is 5.32 Å². The summed E-state index contributed by atoms with van der Waals surface area (Å²) in [6.07, 6.45) is -5.51. The Morgan fingerprint density at radius 1 is 1.33 bits per heavy atom. The lowest BCUT2D eigenvalue weighted by atomic mass is 10.1. The van der Waals surface area contributed by atoms with Gasteiger partial charge in [0.15, 0.2) is 0 Å². The van der Waals surface area contributed by atoms with Crippen LogP contribution in [0.4, 0.5) is 13.2 Å². The zero-order chi connectivity index (χ0) is 16.3. The Morgan fingerprint density at radius 3 is 2.48 bits per heavy atom. The molecule has 0 fully saturated rings. The molecule has 118 valence electrons. The van der Waals surface area contributed by atoms with Gasteiger partial charge in [0.2, 0.25) is 10.0 Å². The molecule has 0 aromatic heterocycles. The van der Waals surface area contributed by atoms with E-state index in [1.54, 1.807) is 0 Å². The zero-order valence-electron chi connectivity index (χ0n) is 11.2. The molecular weight excluding hydrogens is 309 g/mol. The maximum Gasteiger partial charge on any atom is 0.389 e. The van der Waals surface area contributed by atoms with Crippen LogP contribution in [0.1, 0.15) is 28.8 Å². The maximum atomic E-state index is 11.9. The summed E-state index contributed by atoms with van der Waals surface area (Å²) in [6.45, 7) is 1.36. The van der Waals surface area contributed by atoms with Crippen molar-refractivity contribution in [1.82, 2.24) is 5.32 Å². The SMILES string of the molecule is Cc1ccc(C(=O)NCCCC(F)(F)F)cc1S(N)(=O)=O. The number of alkyl halides is 3. The molecule has 0 aliphatic rings. The second-order valence-electron chi connectivity index (χ2n) is 4.50. The van der Waals surface area contributed by atoms with Crippen LogP contribution in [0.5, 0.6) is 0 Å². The third-order valence-corrected chi connectivity index (χ3v) is 3.73. The molecule has 0 saturated carbocycles. The number of carbonyl (C=O) groups is 1. The molecule has 0 atom stereocenters. The summed E-state index contributed by atoms with van der Waals surface area (Å²) >= 11 is 0. The van der Waals surface area contributed by atoms with E-state index in [9.17, 15) is 26.4 Å². The van der Waals surface area contributed by atoms with E-state index in [4.69, 9.17) is 5.14 Å². The second-order valence-corrected chi connectivity index (χ2v) is 6.03. The van der Waals surface area contributed by atoms with Crippen molar-refractivity contribution < 1.29 is 26.4 Å². The second kappa shape index (κ2) is 6.44. The number of rotatable bonds is 5. The first-order valence-electron chi connectivity index (χ1n) is 5.99. The third kappa shape index (κ3) is 5.72. The first kappa shape index (κ1) is 17.4. The maximum absolute atomic E-state index is 11.9. The molecule has 1 aromatic carbocycles. The summed E-state index contributed by atoms with van der Waals surface area (Å²) in [5.41, 5.74) is 0.405. The van der Waals surface area contributed by atoms with Crippen LogP contribution >= 0.6 is 0 Å². The minimum absolute atomic E-state index is 0.0247. The van der Waals surface area contributed by atoms with Crippen LogP contribution in [0.3, 0.4) is 0 Å². The Kier molecular flexibility index (Phi) is 5.35. The highest BCUT2D eigenvalue weighted by Crippen LogP contribution is 2.20. The van der Waals surface area contributed by atoms with Crippen LogP contribution in [0.15, 0.2) is 23.1 Å². The highest BCUT2D eigenvalue weighted by molar-refractivity contribution is 7.89. The Balaban J connectivity index is 2.72. The third-order valence-electron chi connectivity index (χ3n) is 2.68. The number of nitrogens with one attached hydrogen (secondary N) is 1. The van der Waals surface area contributed by atoms with Crippen molar-refractivity contribution in [2.24, 2.45) is 5.14 Å². The molecule has 9 heteroatoms. The van der Waals surface area contributed by atoms with Crippen molar-refractivity contribution in [3.8, 4) is 0 Å². The summed E-state index contributed by atoms with van der Waals surface area (Å²) < 4.78 is 58.5. The lowest BCUT2D eigenvalue weighted by molar-refractivity contribution is -0.135. The number of primary sulfonamides is 1. The molecule has 1 amide bonds. The van der Waals surface area contributed by atoms with E-state index in [1.807, 2.05) is 0 Å². The van der Waals surface area contributed by atoms with Gasteiger partial charge in [0.1, 0.15) is 0 Å². The smallest absolute Gasteiger partial charge is 0.352 e. The molecule has 0 aliphatic carbocycles. The Labute approximate surface area is 120 Å². The number of amides is 1. The van der Waals surface area contributed by atoms with Crippen molar-refractivity contribution in [1.29, 1.82) is 0 Å². The van der Waals surface area contributed by atoms with Crippen molar-refractivity contribution in [3.05, 3.63) is 29.3 Å². The number of aryl methyl sites for hydroxylation is 1. The van der Waals surface area contributed by atoms with Gasteiger partial charge in [-0.25, -0.2) is 13.6 Å². The summed E-state index contributed by atoms with van der Waals surface area (Å²) in [5.74, 6) is -0.651. The molecule has 0 unspecified atom stereocenters. The monoisotopic (exact) mass is 324 g/mol. The van der Waals surface area contributed by atoms with Gasteiger partial charge < -0.3 is 5.32 Å². The molecule has 0 heterocycles. The van der Waals surface area contributed by atoms with Gasteiger partial charge in [0, 0.05) is 18.5 Å². The predicted octanol–water partition coefficient (Wildman–Crippen LogP) is 1.71. The molecule has 5 nitrogen and oxygen atoms in total. The highest BCUT2D eigenvalue weighted by atomic mass is 32.2. The molecule has 1 rings (SSSR count). The topological polar surface area (TPSA) is 89.3 Å². The molecule has 0 saturated heterocycles. The number of sulfonamides is 1. The minimum Gasteiger partial charge on any atom is -0.352 e. The lowest BCUT2D eigenvalue weighted by Crippen LogP contribution is -2.26. The van der Waals surface area contributed by atoms with Gasteiger partial charge in [-0.3, -0.25) is 4.79 Å². The van der Waals surface area contributed by atoms with Crippen molar-refractivity contribution in [2.45, 2.75) is 30.8 Å². The lowest BCUT2D eigenvalue weighted by Gasteiger charge is -2.09. The van der Waals surface area contributed by atoms with Crippen LogP contribution in [0, 0.1) is 6.92 Å². The van der Waals surface area contributed by atoms with Crippen molar-refractivity contribution in [2.75, 3.05) is 6.54 Å². The fraction of sp³-hybridized carbons (Fsp3) is 0.417. The number of hydrogen-bond donors (Lipinski definition) is 2. The normalized spacial score (nSPS) is 12.2. The fourth-order valence-electron chi connectivity index (χ4n) is 1.64. The van der Waals surface area contributed by atoms with Crippen LogP contribution in [-0.2, 0) is 10.0 Å². The molecule has 0 spiro atoms. The first-order chi connectivity index (χ1) is 9.50. The molecule has 0 radical (unpaired) electrons. The van der Waals surface area contributed by atoms with E-state index in [-0.39, 0.29) is 23.4 Å². The van der Waals surface area contributed by atoms with Crippen molar-refractivity contribution in [3.63, 3.8) is 0 Å². The average molecular weight is 324 g/mol. The van der Waals surface area contributed by atoms with E-state index in [0.717, 1.165) is 6.07 Å². The zero-order valence-corrected chi connectivity index (χ0v) is 12.0. The number of halogens is 3. The highest BCUT2D eigenvalue weighted by Gasteiger charge is 2.26. The Hall–Kier alpha value is -1.61. The van der Waals surface area contributed by atoms with E-state index in [1.165, 1.54) is 19.1 Å². The van der Waals surface area contributed by atoms with E-state index >= 15 is 0 Å². The first-order valence-corrected chi connectivity index (χ1v) is 7.54. The predicted molar refractivity (Wildman–Crippen MR) is 70.2 cm³/mol. The molecule has 0 bridgehead atoms. The molecular formula is C12H15F3N2O3S. The quantitative estimate of drug-likeness (QED) is 0.808. The van der Waals surface area contributed by atoms with Crippen molar-refractivity contribution >= 4 is 15.9 Å². The Morgan fingerprint density at radius 2 is 1.95 bits per heavy atom. The van der Waals surface area contributed by atoms with Gasteiger partial charge in [0.05, 0.1) is 4.90 Å². The summed E-state index contributed by atoms with van der Waals surface area (Å²) in [5, 5.41) is 7.31. The number of hydrogen-bond acceptors (Lipinski definition) is 3. The number of nitrogens with two attached hydrogens (primary N) is 1. The van der Waals surface area contributed by atoms with E-state index in [0.29, 0.717) is 5.56 Å². The standard InChI is InChI=1S/C12H15F3N2O3S/c1-8-3-4-9(7-10(8)21(16,19)20)11(18)17-6-2-5-12(13,14)15/h3-4,7H,2,5-6H2,1H3,(H,17,18)(H2,16,19,20). The number of carbonyl (C=O) groups excluding carboxylic acids is 1. The van der Waals surface area contributed by atoms with Gasteiger partial charge >= 0.3 is 6.18 Å². The van der Waals surface area contributed by atoms with Gasteiger partial charge in [-0.1, -0.05) is 6.07 Å².